The molecule has 7 nitrogen and oxygen atoms in total. The number of sulfonamides is 1. The number of aromatic nitrogens is 3. The number of oxazole rings is 1. The second-order valence-electron chi connectivity index (χ2n) is 7.81. The summed E-state index contributed by atoms with van der Waals surface area (Å²) >= 11 is 0. The molecule has 0 unspecified atom stereocenters. The second-order valence-corrected chi connectivity index (χ2v) is 9.70. The molecule has 0 bridgehead atoms. The zero-order valence-corrected chi connectivity index (χ0v) is 17.4. The van der Waals surface area contributed by atoms with Crippen molar-refractivity contribution in [1.82, 2.24) is 15.2 Å². The Morgan fingerprint density at radius 3 is 2.30 bits per heavy atom. The number of H-pyrrole nitrogens is 1. The predicted molar refractivity (Wildman–Crippen MR) is 105 cm³/mol. The van der Waals surface area contributed by atoms with Crippen LogP contribution in [0.15, 0.2) is 47.5 Å². The average Bonchev–Trinajstić information content (AvgIpc) is 3.29. The van der Waals surface area contributed by atoms with Crippen molar-refractivity contribution in [2.24, 2.45) is 0 Å². The highest BCUT2D eigenvalue weighted by Crippen LogP contribution is 2.31. The van der Waals surface area contributed by atoms with Crippen LogP contribution in [0.1, 0.15) is 32.0 Å². The summed E-state index contributed by atoms with van der Waals surface area (Å²) in [4.78, 5) is 3.81. The molecule has 0 spiro atoms. The van der Waals surface area contributed by atoms with Crippen molar-refractivity contribution in [3.05, 3.63) is 54.3 Å². The third-order valence-electron chi connectivity index (χ3n) is 4.34. The minimum absolute atomic E-state index is 0.101. The molecular formula is C19H21F3N4O3S. The quantitative estimate of drug-likeness (QED) is 0.616. The minimum atomic E-state index is -4.87. The molecule has 0 aliphatic rings. The first kappa shape index (κ1) is 21.9. The predicted octanol–water partition coefficient (Wildman–Crippen LogP) is 4.26. The van der Waals surface area contributed by atoms with E-state index in [4.69, 9.17) is 4.42 Å². The molecule has 30 heavy (non-hydrogen) atoms. The maximum absolute atomic E-state index is 13.0. The van der Waals surface area contributed by atoms with Crippen LogP contribution in [0.25, 0.3) is 11.3 Å². The lowest BCUT2D eigenvalue weighted by atomic mass is 9.89. The Morgan fingerprint density at radius 1 is 1.10 bits per heavy atom. The number of alkyl halides is 3. The zero-order valence-electron chi connectivity index (χ0n) is 16.6. The number of benzene rings is 1. The second kappa shape index (κ2) is 7.78. The van der Waals surface area contributed by atoms with E-state index in [-0.39, 0.29) is 12.2 Å². The molecule has 2 heterocycles. The van der Waals surface area contributed by atoms with Crippen LogP contribution in [0.2, 0.25) is 0 Å². The first-order chi connectivity index (χ1) is 13.9. The largest absolute Gasteiger partial charge is 0.444 e. The van der Waals surface area contributed by atoms with Gasteiger partial charge in [-0.3, -0.25) is 9.40 Å². The van der Waals surface area contributed by atoms with Gasteiger partial charge in [-0.05, 0) is 24.3 Å². The maximum atomic E-state index is 13.0. The number of halogens is 3. The molecule has 3 rings (SSSR count). The number of rotatable bonds is 6. The van der Waals surface area contributed by atoms with Crippen molar-refractivity contribution in [1.29, 1.82) is 0 Å². The van der Waals surface area contributed by atoms with Crippen LogP contribution < -0.4 is 4.31 Å². The van der Waals surface area contributed by atoms with Crippen LogP contribution in [0.5, 0.6) is 0 Å². The van der Waals surface area contributed by atoms with Gasteiger partial charge in [0.1, 0.15) is 0 Å². The number of hydrogen-bond donors (Lipinski definition) is 1. The molecule has 2 aromatic heterocycles. The fourth-order valence-corrected chi connectivity index (χ4v) is 4.37. The molecule has 1 N–H and O–H groups in total. The van der Waals surface area contributed by atoms with Gasteiger partial charge in [-0.1, -0.05) is 20.8 Å². The lowest BCUT2D eigenvalue weighted by Gasteiger charge is -2.27. The SMILES string of the molecule is CC(C)(C)c1[nH]ncc1CN(c1ccc(-c2cnco2)cc1)S(=O)(=O)CC(F)(F)F. The highest BCUT2D eigenvalue weighted by Gasteiger charge is 2.39. The fraction of sp³-hybridized carbons (Fsp3) is 0.368. The standard InChI is InChI=1S/C19H21F3N4O3S/c1-18(2,3)17-14(8-24-25-17)10-26(30(27,28)11-19(20,21)22)15-6-4-13(5-7-15)16-9-23-12-29-16/h4-9,12H,10-11H2,1-3H3,(H,24,25). The van der Waals surface area contributed by atoms with Crippen molar-refractivity contribution in [3.8, 4) is 11.3 Å². The summed E-state index contributed by atoms with van der Waals surface area (Å²) in [6, 6.07) is 5.99. The van der Waals surface area contributed by atoms with Gasteiger partial charge in [0.25, 0.3) is 0 Å². The monoisotopic (exact) mass is 442 g/mol. The van der Waals surface area contributed by atoms with E-state index in [2.05, 4.69) is 15.2 Å². The molecule has 0 aliphatic heterocycles. The minimum Gasteiger partial charge on any atom is -0.444 e. The number of aromatic amines is 1. The topological polar surface area (TPSA) is 92.1 Å². The highest BCUT2D eigenvalue weighted by molar-refractivity contribution is 7.92. The van der Waals surface area contributed by atoms with E-state index < -0.39 is 27.4 Å². The zero-order chi connectivity index (χ0) is 22.2. The van der Waals surface area contributed by atoms with Crippen LogP contribution >= 0.6 is 0 Å². The summed E-state index contributed by atoms with van der Waals surface area (Å²) in [5.74, 6) is -1.51. The van der Waals surface area contributed by atoms with Gasteiger partial charge in [-0.2, -0.15) is 18.3 Å². The van der Waals surface area contributed by atoms with Crippen LogP contribution in [-0.2, 0) is 22.0 Å². The van der Waals surface area contributed by atoms with Crippen molar-refractivity contribution < 1.29 is 26.0 Å². The summed E-state index contributed by atoms with van der Waals surface area (Å²) < 4.78 is 70.3. The number of nitrogens with zero attached hydrogens (tertiary/aromatic N) is 3. The first-order valence-electron chi connectivity index (χ1n) is 8.96. The molecule has 0 amide bonds. The Labute approximate surface area is 172 Å². The normalized spacial score (nSPS) is 12.9. The maximum Gasteiger partial charge on any atom is 0.404 e. The Balaban J connectivity index is 2.01. The average molecular weight is 442 g/mol. The van der Waals surface area contributed by atoms with Gasteiger partial charge in [-0.15, -0.1) is 0 Å². The molecule has 0 radical (unpaired) electrons. The summed E-state index contributed by atoms with van der Waals surface area (Å²) in [6.45, 7) is 5.39. The van der Waals surface area contributed by atoms with E-state index in [1.807, 2.05) is 20.8 Å². The Bertz CT molecular complexity index is 1080. The van der Waals surface area contributed by atoms with Crippen molar-refractivity contribution in [2.75, 3.05) is 10.1 Å². The molecule has 0 atom stereocenters. The summed E-state index contributed by atoms with van der Waals surface area (Å²) in [6.07, 6.45) is -0.718. The van der Waals surface area contributed by atoms with E-state index in [0.717, 1.165) is 4.31 Å². The molecule has 0 aliphatic carbocycles. The number of anilines is 1. The van der Waals surface area contributed by atoms with E-state index in [0.29, 0.717) is 22.6 Å². The molecule has 0 saturated carbocycles. The smallest absolute Gasteiger partial charge is 0.404 e. The van der Waals surface area contributed by atoms with Crippen LogP contribution in [0.4, 0.5) is 18.9 Å². The van der Waals surface area contributed by atoms with Crippen molar-refractivity contribution >= 4 is 15.7 Å². The Morgan fingerprint density at radius 2 is 1.77 bits per heavy atom. The molecular weight excluding hydrogens is 421 g/mol. The third kappa shape index (κ3) is 5.02. The lowest BCUT2D eigenvalue weighted by Crippen LogP contribution is -2.38. The van der Waals surface area contributed by atoms with E-state index in [1.165, 1.54) is 30.9 Å². The molecule has 3 aromatic rings. The van der Waals surface area contributed by atoms with Crippen molar-refractivity contribution in [3.63, 3.8) is 0 Å². The van der Waals surface area contributed by atoms with Gasteiger partial charge < -0.3 is 4.42 Å². The Hall–Kier alpha value is -2.82. The molecule has 0 saturated heterocycles. The summed E-state index contributed by atoms with van der Waals surface area (Å²) in [5.41, 5.74) is 1.45. The van der Waals surface area contributed by atoms with Crippen molar-refractivity contribution in [2.45, 2.75) is 38.9 Å². The molecule has 1 aromatic carbocycles. The molecule has 0 fully saturated rings. The van der Waals surface area contributed by atoms with Crippen LogP contribution in [0.3, 0.4) is 0 Å². The molecule has 162 valence electrons. The van der Waals surface area contributed by atoms with Gasteiger partial charge in [0.15, 0.2) is 17.9 Å². The van der Waals surface area contributed by atoms with E-state index >= 15 is 0 Å². The van der Waals surface area contributed by atoms with Crippen LogP contribution in [0, 0.1) is 0 Å². The summed E-state index contributed by atoms with van der Waals surface area (Å²) in [5, 5.41) is 6.77. The van der Waals surface area contributed by atoms with Gasteiger partial charge in [0.2, 0.25) is 10.0 Å². The van der Waals surface area contributed by atoms with E-state index in [9.17, 15) is 21.6 Å². The Kier molecular flexibility index (Phi) is 5.68. The lowest BCUT2D eigenvalue weighted by molar-refractivity contribution is -0.106. The van der Waals surface area contributed by atoms with Gasteiger partial charge in [0, 0.05) is 22.2 Å². The summed E-state index contributed by atoms with van der Waals surface area (Å²) in [7, 11) is -4.71. The van der Waals surface area contributed by atoms with E-state index in [1.54, 1.807) is 12.1 Å². The number of nitrogens with one attached hydrogen (secondary N) is 1. The molecule has 11 heteroatoms. The first-order valence-corrected chi connectivity index (χ1v) is 10.6. The van der Waals surface area contributed by atoms with Gasteiger partial charge in [-0.25, -0.2) is 13.4 Å². The highest BCUT2D eigenvalue weighted by atomic mass is 32.2. The fourth-order valence-electron chi connectivity index (χ4n) is 3.02. The van der Waals surface area contributed by atoms with Gasteiger partial charge in [0.05, 0.1) is 24.6 Å². The van der Waals surface area contributed by atoms with Gasteiger partial charge >= 0.3 is 6.18 Å². The van der Waals surface area contributed by atoms with Crippen LogP contribution in [-0.4, -0.2) is 35.5 Å². The third-order valence-corrected chi connectivity index (χ3v) is 6.04. The number of hydrogen-bond acceptors (Lipinski definition) is 5.